The van der Waals surface area contributed by atoms with Gasteiger partial charge in [-0.2, -0.15) is 10.1 Å². The van der Waals surface area contributed by atoms with Gasteiger partial charge in [0.15, 0.2) is 5.65 Å². The Balaban J connectivity index is 1.47. The van der Waals surface area contributed by atoms with Crippen LogP contribution in [0.1, 0.15) is 51.5 Å². The molecule has 200 valence electrons. The number of aromatic nitrogens is 4. The first-order valence-corrected chi connectivity index (χ1v) is 14.4. The monoisotopic (exact) mass is 538 g/mol. The molecule has 0 unspecified atom stereocenters. The van der Waals surface area contributed by atoms with Gasteiger partial charge in [0.2, 0.25) is 5.95 Å². The van der Waals surface area contributed by atoms with E-state index in [1.807, 2.05) is 4.68 Å². The van der Waals surface area contributed by atoms with E-state index in [4.69, 9.17) is 10.1 Å². The Kier molecular flexibility index (Phi) is 7.57. The number of anilines is 2. The number of fused-ring (bicyclic) bond motifs is 1. The average molecular weight is 539 g/mol. The third-order valence-corrected chi connectivity index (χ3v) is 8.21. The van der Waals surface area contributed by atoms with E-state index in [0.29, 0.717) is 30.1 Å². The van der Waals surface area contributed by atoms with Gasteiger partial charge in [0, 0.05) is 24.0 Å². The minimum absolute atomic E-state index is 0.0780. The maximum absolute atomic E-state index is 13.2. The Bertz CT molecular complexity index is 1500. The van der Waals surface area contributed by atoms with E-state index >= 15 is 0 Å². The fourth-order valence-electron chi connectivity index (χ4n) is 4.68. The number of halogens is 1. The molecular formula is C27H31FN6O3S. The average Bonchev–Trinajstić information content (AvgIpc) is 3.29. The number of rotatable bonds is 9. The fraction of sp³-hybridized carbons (Fsp3) is 0.370. The van der Waals surface area contributed by atoms with Gasteiger partial charge in [0.05, 0.1) is 22.4 Å². The van der Waals surface area contributed by atoms with E-state index in [9.17, 15) is 17.9 Å². The molecule has 0 atom stereocenters. The van der Waals surface area contributed by atoms with Crippen molar-refractivity contribution in [1.29, 1.82) is 0 Å². The van der Waals surface area contributed by atoms with Crippen molar-refractivity contribution in [2.24, 2.45) is 0 Å². The highest BCUT2D eigenvalue weighted by Crippen LogP contribution is 2.35. The highest BCUT2D eigenvalue weighted by Gasteiger charge is 2.26. The van der Waals surface area contributed by atoms with Gasteiger partial charge in [-0.3, -0.25) is 4.72 Å². The van der Waals surface area contributed by atoms with Gasteiger partial charge in [-0.25, -0.2) is 22.5 Å². The van der Waals surface area contributed by atoms with Crippen LogP contribution < -0.4 is 10.0 Å². The van der Waals surface area contributed by atoms with Crippen molar-refractivity contribution in [3.8, 4) is 11.3 Å². The van der Waals surface area contributed by atoms with Crippen LogP contribution >= 0.6 is 0 Å². The Hall–Kier alpha value is -3.57. The van der Waals surface area contributed by atoms with Crippen molar-refractivity contribution in [3.63, 3.8) is 0 Å². The van der Waals surface area contributed by atoms with Crippen molar-refractivity contribution in [3.05, 3.63) is 60.5 Å². The zero-order chi connectivity index (χ0) is 26.7. The molecule has 1 fully saturated rings. The zero-order valence-electron chi connectivity index (χ0n) is 21.1. The second-order valence-electron chi connectivity index (χ2n) is 9.60. The van der Waals surface area contributed by atoms with E-state index in [1.54, 1.807) is 18.3 Å². The quantitative estimate of drug-likeness (QED) is 0.253. The number of hydrogen-bond donors (Lipinski definition) is 3. The number of benzene rings is 2. The molecule has 9 nitrogen and oxygen atoms in total. The molecule has 0 saturated heterocycles. The van der Waals surface area contributed by atoms with Gasteiger partial charge in [-0.15, -0.1) is 0 Å². The van der Waals surface area contributed by atoms with Gasteiger partial charge < -0.3 is 10.4 Å². The molecule has 0 bridgehead atoms. The SMILES string of the molecule is CCCCNc1ncc2c(-c3ccc(S(=O)(=O)Nc4ccc(F)cc4)cc3)nn(C3CCC(O)CC3)c2n1. The molecule has 2 aromatic heterocycles. The van der Waals surface area contributed by atoms with Gasteiger partial charge in [0.25, 0.3) is 10.0 Å². The standard InChI is InChI=1S/C27H31FN6O3S/c1-2-3-16-29-27-30-17-24-25(32-34(26(24)31-27)21-10-12-22(35)13-11-21)18-4-14-23(15-5-18)38(36,37)33-20-8-6-19(28)7-9-20/h4-9,14-15,17,21-22,33,35H,2-3,10-13,16H2,1H3,(H,29,30,31). The predicted octanol–water partition coefficient (Wildman–Crippen LogP) is 5.12. The lowest BCUT2D eigenvalue weighted by Crippen LogP contribution is -2.22. The lowest BCUT2D eigenvalue weighted by Gasteiger charge is -2.25. The minimum atomic E-state index is -3.86. The summed E-state index contributed by atoms with van der Waals surface area (Å²) in [4.78, 5) is 9.36. The molecule has 4 aromatic rings. The summed E-state index contributed by atoms with van der Waals surface area (Å²) in [5, 5.41) is 19.0. The Morgan fingerprint density at radius 3 is 2.45 bits per heavy atom. The van der Waals surface area contributed by atoms with Crippen LogP contribution in [0.25, 0.3) is 22.3 Å². The molecule has 5 rings (SSSR count). The molecule has 0 amide bonds. The van der Waals surface area contributed by atoms with Crippen molar-refractivity contribution >= 4 is 32.7 Å². The fourth-order valence-corrected chi connectivity index (χ4v) is 5.74. The smallest absolute Gasteiger partial charge is 0.261 e. The molecule has 1 aliphatic carbocycles. The number of nitrogens with one attached hydrogen (secondary N) is 2. The lowest BCUT2D eigenvalue weighted by molar-refractivity contribution is 0.109. The normalized spacial score (nSPS) is 18.0. The van der Waals surface area contributed by atoms with Gasteiger partial charge in [0.1, 0.15) is 11.5 Å². The van der Waals surface area contributed by atoms with Crippen LogP contribution in [0.15, 0.2) is 59.6 Å². The second-order valence-corrected chi connectivity index (χ2v) is 11.3. The molecule has 2 aromatic carbocycles. The van der Waals surface area contributed by atoms with Crippen LogP contribution in [0.4, 0.5) is 16.0 Å². The van der Waals surface area contributed by atoms with E-state index in [1.165, 1.54) is 36.4 Å². The third kappa shape index (κ3) is 5.63. The molecule has 1 saturated carbocycles. The van der Waals surface area contributed by atoms with E-state index in [2.05, 4.69) is 21.9 Å². The minimum Gasteiger partial charge on any atom is -0.393 e. The van der Waals surface area contributed by atoms with Crippen molar-refractivity contribution in [2.75, 3.05) is 16.6 Å². The molecule has 2 heterocycles. The predicted molar refractivity (Wildman–Crippen MR) is 145 cm³/mol. The largest absolute Gasteiger partial charge is 0.393 e. The Morgan fingerprint density at radius 1 is 1.05 bits per heavy atom. The summed E-state index contributed by atoms with van der Waals surface area (Å²) in [5.41, 5.74) is 2.39. The molecule has 38 heavy (non-hydrogen) atoms. The maximum Gasteiger partial charge on any atom is 0.261 e. The van der Waals surface area contributed by atoms with Crippen molar-refractivity contribution in [2.45, 2.75) is 62.5 Å². The number of nitrogens with zero attached hydrogens (tertiary/aromatic N) is 4. The summed E-state index contributed by atoms with van der Waals surface area (Å²) < 4.78 is 43.3. The molecule has 3 N–H and O–H groups in total. The number of unbranched alkanes of at least 4 members (excludes halogenated alkanes) is 1. The summed E-state index contributed by atoms with van der Waals surface area (Å²) >= 11 is 0. The van der Waals surface area contributed by atoms with Gasteiger partial charge in [-0.05, 0) is 68.5 Å². The van der Waals surface area contributed by atoms with E-state index < -0.39 is 15.8 Å². The van der Waals surface area contributed by atoms with Crippen LogP contribution in [0.5, 0.6) is 0 Å². The second kappa shape index (κ2) is 11.0. The number of hydrogen-bond acceptors (Lipinski definition) is 7. The van der Waals surface area contributed by atoms with Crippen molar-refractivity contribution in [1.82, 2.24) is 19.7 Å². The van der Waals surface area contributed by atoms with Gasteiger partial charge >= 0.3 is 0 Å². The molecule has 0 aliphatic heterocycles. The van der Waals surface area contributed by atoms with Crippen LogP contribution in [0, 0.1) is 5.82 Å². The Labute approximate surface area is 221 Å². The Morgan fingerprint density at radius 2 is 1.76 bits per heavy atom. The molecule has 11 heteroatoms. The highest BCUT2D eigenvalue weighted by atomic mass is 32.2. The first-order chi connectivity index (χ1) is 18.3. The van der Waals surface area contributed by atoms with Crippen LogP contribution in [0.2, 0.25) is 0 Å². The molecule has 0 spiro atoms. The molecule has 1 aliphatic rings. The topological polar surface area (TPSA) is 122 Å². The summed E-state index contributed by atoms with van der Waals surface area (Å²) in [7, 11) is -3.86. The summed E-state index contributed by atoms with van der Waals surface area (Å²) in [5.74, 6) is 0.101. The van der Waals surface area contributed by atoms with E-state index in [0.717, 1.165) is 43.2 Å². The van der Waals surface area contributed by atoms with Crippen LogP contribution in [-0.4, -0.2) is 45.9 Å². The first kappa shape index (κ1) is 26.1. The lowest BCUT2D eigenvalue weighted by atomic mass is 9.93. The molecule has 0 radical (unpaired) electrons. The van der Waals surface area contributed by atoms with Crippen molar-refractivity contribution < 1.29 is 17.9 Å². The van der Waals surface area contributed by atoms with Crippen LogP contribution in [-0.2, 0) is 10.0 Å². The summed E-state index contributed by atoms with van der Waals surface area (Å²) in [6.07, 6.45) is 6.56. The first-order valence-electron chi connectivity index (χ1n) is 12.9. The maximum atomic E-state index is 13.2. The summed E-state index contributed by atoms with van der Waals surface area (Å²) in [6.45, 7) is 2.90. The zero-order valence-corrected chi connectivity index (χ0v) is 22.0. The number of sulfonamides is 1. The number of aliphatic hydroxyl groups is 1. The van der Waals surface area contributed by atoms with Crippen LogP contribution in [0.3, 0.4) is 0 Å². The molecular weight excluding hydrogens is 507 g/mol. The number of aliphatic hydroxyl groups excluding tert-OH is 1. The highest BCUT2D eigenvalue weighted by molar-refractivity contribution is 7.92. The third-order valence-electron chi connectivity index (χ3n) is 6.81. The van der Waals surface area contributed by atoms with E-state index in [-0.39, 0.29) is 22.7 Å². The van der Waals surface area contributed by atoms with Gasteiger partial charge in [-0.1, -0.05) is 25.5 Å². The summed E-state index contributed by atoms with van der Waals surface area (Å²) in [6, 6.07) is 11.7.